The fourth-order valence-electron chi connectivity index (χ4n) is 2.76. The third-order valence-electron chi connectivity index (χ3n) is 4.11. The van der Waals surface area contributed by atoms with Crippen molar-refractivity contribution in [3.63, 3.8) is 0 Å². The molecule has 0 aliphatic heterocycles. The molecule has 0 fully saturated rings. The molecule has 0 aliphatic carbocycles. The van der Waals surface area contributed by atoms with E-state index in [2.05, 4.69) is 5.32 Å². The van der Waals surface area contributed by atoms with Crippen molar-refractivity contribution in [2.75, 3.05) is 6.61 Å². The SMILES string of the molecule is Cc1cc(=O)oc2c1ccc1oc(=O)c(C(=O)C(CO)NC(=O)C(Cl)Cl)cc12. The third-order valence-corrected chi connectivity index (χ3v) is 4.50. The minimum Gasteiger partial charge on any atom is -0.422 e. The molecule has 0 spiro atoms. The topological polar surface area (TPSA) is 127 Å². The number of rotatable bonds is 5. The quantitative estimate of drug-likeness (QED) is 0.275. The Morgan fingerprint density at radius 2 is 1.86 bits per heavy atom. The van der Waals surface area contributed by atoms with Gasteiger partial charge in [0, 0.05) is 11.5 Å². The van der Waals surface area contributed by atoms with Gasteiger partial charge < -0.3 is 19.3 Å². The van der Waals surface area contributed by atoms with E-state index in [0.717, 1.165) is 0 Å². The van der Waals surface area contributed by atoms with Crippen molar-refractivity contribution in [2.24, 2.45) is 0 Å². The van der Waals surface area contributed by atoms with Gasteiger partial charge in [0.05, 0.1) is 12.0 Å². The Hall–Kier alpha value is -2.68. The predicted molar refractivity (Wildman–Crippen MR) is 102 cm³/mol. The lowest BCUT2D eigenvalue weighted by Gasteiger charge is -2.15. The zero-order chi connectivity index (χ0) is 20.6. The number of carbonyl (C=O) groups excluding carboxylic acids is 2. The molecule has 28 heavy (non-hydrogen) atoms. The Kier molecular flexibility index (Phi) is 5.55. The summed E-state index contributed by atoms with van der Waals surface area (Å²) in [6.45, 7) is 0.911. The second-order valence-corrected chi connectivity index (χ2v) is 7.05. The van der Waals surface area contributed by atoms with Crippen molar-refractivity contribution in [2.45, 2.75) is 17.8 Å². The maximum absolute atomic E-state index is 12.7. The standard InChI is InChI=1S/C18H13Cl2NO7/c1-7-4-13(23)28-15-8(7)2-3-12-9(15)5-10(18(26)27-12)14(24)11(6-22)21-17(25)16(19)20/h2-5,11,16,22H,6H2,1H3,(H,21,25). The number of Topliss-reactive ketones (excluding diaryl/α,β-unsaturated/α-hetero) is 1. The minimum atomic E-state index is -1.46. The molecule has 2 N–H and O–H groups in total. The maximum atomic E-state index is 12.7. The minimum absolute atomic E-state index is 0.106. The number of fused-ring (bicyclic) bond motifs is 3. The van der Waals surface area contributed by atoms with Crippen LogP contribution in [0.15, 0.2) is 42.7 Å². The number of aliphatic hydroxyl groups is 1. The van der Waals surface area contributed by atoms with Gasteiger partial charge in [-0.15, -0.1) is 0 Å². The highest BCUT2D eigenvalue weighted by molar-refractivity contribution is 6.53. The van der Waals surface area contributed by atoms with Crippen LogP contribution in [0.1, 0.15) is 15.9 Å². The zero-order valence-electron chi connectivity index (χ0n) is 14.3. The van der Waals surface area contributed by atoms with Crippen molar-refractivity contribution in [1.29, 1.82) is 0 Å². The van der Waals surface area contributed by atoms with E-state index in [-0.39, 0.29) is 16.6 Å². The summed E-state index contributed by atoms with van der Waals surface area (Å²) in [6.07, 6.45) is 0. The van der Waals surface area contributed by atoms with Gasteiger partial charge in [-0.3, -0.25) is 9.59 Å². The van der Waals surface area contributed by atoms with Crippen LogP contribution in [0.25, 0.3) is 21.9 Å². The van der Waals surface area contributed by atoms with Gasteiger partial charge in [-0.1, -0.05) is 23.2 Å². The average molecular weight is 426 g/mol. The van der Waals surface area contributed by atoms with E-state index in [1.165, 1.54) is 18.2 Å². The first kappa shape index (κ1) is 20.1. The molecule has 0 saturated carbocycles. The Morgan fingerprint density at radius 3 is 2.50 bits per heavy atom. The Morgan fingerprint density at radius 1 is 1.14 bits per heavy atom. The molecule has 0 bridgehead atoms. The fraction of sp³-hybridized carbons (Fsp3) is 0.222. The molecule has 3 aromatic rings. The number of benzene rings is 1. The van der Waals surface area contributed by atoms with Crippen molar-refractivity contribution in [3.05, 3.63) is 56.2 Å². The van der Waals surface area contributed by atoms with Crippen molar-refractivity contribution >= 4 is 56.8 Å². The molecule has 10 heteroatoms. The first-order valence-electron chi connectivity index (χ1n) is 7.98. The molecule has 1 aromatic carbocycles. The lowest BCUT2D eigenvalue weighted by atomic mass is 10.0. The molecular weight excluding hydrogens is 413 g/mol. The monoisotopic (exact) mass is 425 g/mol. The molecule has 2 heterocycles. The molecule has 1 atom stereocenters. The van der Waals surface area contributed by atoms with Crippen LogP contribution in [0.4, 0.5) is 0 Å². The summed E-state index contributed by atoms with van der Waals surface area (Å²) < 4.78 is 10.4. The molecule has 146 valence electrons. The third kappa shape index (κ3) is 3.66. The van der Waals surface area contributed by atoms with Crippen molar-refractivity contribution in [1.82, 2.24) is 5.32 Å². The number of amides is 1. The molecule has 3 rings (SSSR count). The maximum Gasteiger partial charge on any atom is 0.347 e. The number of nitrogens with one attached hydrogen (secondary N) is 1. The van der Waals surface area contributed by atoms with Crippen LogP contribution >= 0.6 is 23.2 Å². The smallest absolute Gasteiger partial charge is 0.347 e. The molecule has 8 nitrogen and oxygen atoms in total. The number of ketones is 1. The van der Waals surface area contributed by atoms with Gasteiger partial charge in [-0.2, -0.15) is 0 Å². The summed E-state index contributed by atoms with van der Waals surface area (Å²) in [5.41, 5.74) is -1.13. The van der Waals surface area contributed by atoms with Crippen molar-refractivity contribution < 1.29 is 23.5 Å². The second kappa shape index (κ2) is 7.75. The van der Waals surface area contributed by atoms with Crippen LogP contribution in [0.2, 0.25) is 0 Å². The van der Waals surface area contributed by atoms with Gasteiger partial charge in [0.25, 0.3) is 5.91 Å². The Labute approximate surface area is 166 Å². The van der Waals surface area contributed by atoms with Gasteiger partial charge in [-0.05, 0) is 30.7 Å². The van der Waals surface area contributed by atoms with Gasteiger partial charge in [0.1, 0.15) is 22.8 Å². The highest BCUT2D eigenvalue weighted by atomic mass is 35.5. The summed E-state index contributed by atoms with van der Waals surface area (Å²) in [4.78, 5) is 46.8. The van der Waals surface area contributed by atoms with E-state index in [0.29, 0.717) is 10.9 Å². The van der Waals surface area contributed by atoms with E-state index < -0.39 is 46.0 Å². The van der Waals surface area contributed by atoms with Crippen LogP contribution in [0.3, 0.4) is 0 Å². The van der Waals surface area contributed by atoms with Gasteiger partial charge in [0.15, 0.2) is 10.6 Å². The van der Waals surface area contributed by atoms with Crippen LogP contribution in [-0.4, -0.2) is 34.3 Å². The van der Waals surface area contributed by atoms with Crippen LogP contribution < -0.4 is 16.6 Å². The van der Waals surface area contributed by atoms with E-state index in [9.17, 15) is 24.3 Å². The highest BCUT2D eigenvalue weighted by Crippen LogP contribution is 2.26. The number of hydrogen-bond donors (Lipinski definition) is 2. The lowest BCUT2D eigenvalue weighted by molar-refractivity contribution is -0.120. The van der Waals surface area contributed by atoms with E-state index >= 15 is 0 Å². The second-order valence-electron chi connectivity index (χ2n) is 5.96. The molecular formula is C18H13Cl2NO7. The number of carbonyl (C=O) groups is 2. The lowest BCUT2D eigenvalue weighted by Crippen LogP contribution is -2.46. The summed E-state index contributed by atoms with van der Waals surface area (Å²) in [5.74, 6) is -1.82. The number of aliphatic hydroxyl groups excluding tert-OH is 1. The van der Waals surface area contributed by atoms with Crippen molar-refractivity contribution in [3.8, 4) is 0 Å². The zero-order valence-corrected chi connectivity index (χ0v) is 15.8. The van der Waals surface area contributed by atoms with Crippen LogP contribution in [0, 0.1) is 6.92 Å². The summed E-state index contributed by atoms with van der Waals surface area (Å²) in [5, 5.41) is 12.4. The predicted octanol–water partition coefficient (Wildman–Crippen LogP) is 1.67. The molecule has 0 saturated heterocycles. The van der Waals surface area contributed by atoms with Gasteiger partial charge >= 0.3 is 11.3 Å². The van der Waals surface area contributed by atoms with E-state index in [1.54, 1.807) is 13.0 Å². The molecule has 0 aliphatic rings. The molecule has 1 amide bonds. The Bertz CT molecular complexity index is 1210. The Balaban J connectivity index is 2.18. The highest BCUT2D eigenvalue weighted by Gasteiger charge is 2.27. The normalized spacial score (nSPS) is 12.5. The summed E-state index contributed by atoms with van der Waals surface area (Å²) in [6, 6.07) is 4.18. The largest absolute Gasteiger partial charge is 0.422 e. The first-order valence-corrected chi connectivity index (χ1v) is 8.85. The number of hydrogen-bond acceptors (Lipinski definition) is 7. The molecule has 2 aromatic heterocycles. The number of alkyl halides is 2. The van der Waals surface area contributed by atoms with E-state index in [1.807, 2.05) is 0 Å². The van der Waals surface area contributed by atoms with Crippen LogP contribution in [-0.2, 0) is 4.79 Å². The number of aryl methyl sites for hydroxylation is 1. The molecule has 1 unspecified atom stereocenters. The summed E-state index contributed by atoms with van der Waals surface area (Å²) >= 11 is 10.8. The average Bonchev–Trinajstić information content (AvgIpc) is 2.64. The van der Waals surface area contributed by atoms with Gasteiger partial charge in [0.2, 0.25) is 0 Å². The fourth-order valence-corrected chi connectivity index (χ4v) is 2.88. The summed E-state index contributed by atoms with van der Waals surface area (Å²) in [7, 11) is 0. The van der Waals surface area contributed by atoms with E-state index in [4.69, 9.17) is 32.0 Å². The number of halogens is 2. The molecule has 0 radical (unpaired) electrons. The van der Waals surface area contributed by atoms with Gasteiger partial charge in [-0.25, -0.2) is 9.59 Å². The first-order chi connectivity index (χ1) is 13.2. The van der Waals surface area contributed by atoms with Crippen LogP contribution in [0.5, 0.6) is 0 Å².